The number of nitrogens with zero attached hydrogens (tertiary/aromatic N) is 4. The summed E-state index contributed by atoms with van der Waals surface area (Å²) in [5.74, 6) is 0.105. The molecule has 4 rings (SSSR count). The van der Waals surface area contributed by atoms with Crippen LogP contribution in [0, 0.1) is 5.82 Å². The monoisotopic (exact) mass is 382 g/mol. The van der Waals surface area contributed by atoms with Crippen molar-refractivity contribution in [3.63, 3.8) is 0 Å². The van der Waals surface area contributed by atoms with E-state index in [0.717, 1.165) is 0 Å². The van der Waals surface area contributed by atoms with Crippen LogP contribution in [0.1, 0.15) is 18.3 Å². The normalized spacial score (nSPS) is 11.2. The van der Waals surface area contributed by atoms with E-state index in [2.05, 4.69) is 9.97 Å². The van der Waals surface area contributed by atoms with Crippen molar-refractivity contribution in [3.8, 4) is 5.69 Å². The molecule has 0 aliphatic carbocycles. The maximum absolute atomic E-state index is 14.2. The lowest BCUT2D eigenvalue weighted by Gasteiger charge is -2.13. The molecule has 0 spiro atoms. The third-order valence-corrected chi connectivity index (χ3v) is 4.69. The van der Waals surface area contributed by atoms with Crippen molar-refractivity contribution in [2.45, 2.75) is 19.9 Å². The molecule has 2 aromatic heterocycles. The molecule has 0 radical (unpaired) electrons. The van der Waals surface area contributed by atoms with E-state index in [0.29, 0.717) is 34.3 Å². The minimum atomic E-state index is -0.335. The van der Waals surface area contributed by atoms with Gasteiger partial charge in [0.05, 0.1) is 12.0 Å². The van der Waals surface area contributed by atoms with Crippen LogP contribution in [0.4, 0.5) is 4.39 Å². The van der Waals surface area contributed by atoms with Gasteiger partial charge in [-0.05, 0) is 42.8 Å². The lowest BCUT2D eigenvalue weighted by molar-refractivity contribution is 0.610. The number of aryl methyl sites for hydroxylation is 1. The fraction of sp³-hybridized carbons (Fsp3) is 0.150. The quantitative estimate of drug-likeness (QED) is 0.536. The molecular formula is C20H16ClFN4O. The number of benzene rings is 2. The van der Waals surface area contributed by atoms with Crippen LogP contribution in [-0.2, 0) is 13.0 Å². The van der Waals surface area contributed by atoms with Gasteiger partial charge < -0.3 is 4.57 Å². The maximum atomic E-state index is 14.2. The van der Waals surface area contributed by atoms with Crippen LogP contribution in [0.15, 0.2) is 59.7 Å². The fourth-order valence-corrected chi connectivity index (χ4v) is 3.18. The first-order valence-electron chi connectivity index (χ1n) is 8.54. The Morgan fingerprint density at radius 2 is 1.85 bits per heavy atom. The van der Waals surface area contributed by atoms with Crippen molar-refractivity contribution >= 4 is 22.8 Å². The van der Waals surface area contributed by atoms with Gasteiger partial charge in [0.25, 0.3) is 5.56 Å². The molecular weight excluding hydrogens is 367 g/mol. The Hall–Kier alpha value is -2.99. The first-order valence-corrected chi connectivity index (χ1v) is 8.92. The van der Waals surface area contributed by atoms with E-state index in [1.54, 1.807) is 53.4 Å². The Kier molecular flexibility index (Phi) is 4.49. The molecule has 0 unspecified atom stereocenters. The van der Waals surface area contributed by atoms with Gasteiger partial charge in [-0.15, -0.1) is 0 Å². The van der Waals surface area contributed by atoms with E-state index < -0.39 is 0 Å². The smallest absolute Gasteiger partial charge is 0.286 e. The standard InChI is InChI=1S/C20H16ClFN4O/c1-2-25-12-23-18-19(25)24-17(11-13-5-3-4-6-16(13)22)26(20(18)27)15-9-7-14(21)8-10-15/h3-10,12H,2,11H2,1H3. The van der Waals surface area contributed by atoms with E-state index >= 15 is 0 Å². The zero-order valence-corrected chi connectivity index (χ0v) is 15.3. The van der Waals surface area contributed by atoms with Gasteiger partial charge >= 0.3 is 0 Å². The molecule has 0 aliphatic rings. The van der Waals surface area contributed by atoms with E-state index in [1.165, 1.54) is 10.6 Å². The lowest BCUT2D eigenvalue weighted by atomic mass is 10.1. The lowest BCUT2D eigenvalue weighted by Crippen LogP contribution is -2.25. The van der Waals surface area contributed by atoms with E-state index in [1.807, 2.05) is 6.92 Å². The molecule has 0 bridgehead atoms. The van der Waals surface area contributed by atoms with Gasteiger partial charge in [0.15, 0.2) is 11.2 Å². The van der Waals surface area contributed by atoms with Crippen molar-refractivity contribution in [2.75, 3.05) is 0 Å². The molecule has 0 atom stereocenters. The van der Waals surface area contributed by atoms with Crippen LogP contribution < -0.4 is 5.56 Å². The Labute approximate surface area is 159 Å². The third kappa shape index (κ3) is 3.13. The number of hydrogen-bond donors (Lipinski definition) is 0. The summed E-state index contributed by atoms with van der Waals surface area (Å²) >= 11 is 5.98. The highest BCUT2D eigenvalue weighted by atomic mass is 35.5. The Morgan fingerprint density at radius 3 is 2.56 bits per heavy atom. The summed E-state index contributed by atoms with van der Waals surface area (Å²) in [6.07, 6.45) is 1.77. The molecule has 136 valence electrons. The summed E-state index contributed by atoms with van der Waals surface area (Å²) in [4.78, 5) is 22.1. The summed E-state index contributed by atoms with van der Waals surface area (Å²) in [6.45, 7) is 2.58. The summed E-state index contributed by atoms with van der Waals surface area (Å²) in [5, 5.41) is 0.562. The number of aromatic nitrogens is 4. The van der Waals surface area contributed by atoms with Crippen LogP contribution in [0.25, 0.3) is 16.9 Å². The van der Waals surface area contributed by atoms with Crippen molar-refractivity contribution in [1.82, 2.24) is 19.1 Å². The Bertz CT molecular complexity index is 1180. The molecule has 0 saturated heterocycles. The summed E-state index contributed by atoms with van der Waals surface area (Å²) in [5.41, 5.74) is 1.56. The van der Waals surface area contributed by atoms with Crippen LogP contribution in [0.5, 0.6) is 0 Å². The number of rotatable bonds is 4. The van der Waals surface area contributed by atoms with Crippen molar-refractivity contribution < 1.29 is 4.39 Å². The van der Waals surface area contributed by atoms with Crippen molar-refractivity contribution in [2.24, 2.45) is 0 Å². The summed E-state index contributed by atoms with van der Waals surface area (Å²) < 4.78 is 17.5. The van der Waals surface area contributed by atoms with Crippen LogP contribution in [0.3, 0.4) is 0 Å². The zero-order valence-electron chi connectivity index (χ0n) is 14.6. The summed E-state index contributed by atoms with van der Waals surface area (Å²) in [7, 11) is 0. The van der Waals surface area contributed by atoms with Crippen molar-refractivity contribution in [3.05, 3.63) is 87.4 Å². The predicted molar refractivity (Wildman–Crippen MR) is 103 cm³/mol. The highest BCUT2D eigenvalue weighted by molar-refractivity contribution is 6.30. The topological polar surface area (TPSA) is 52.7 Å². The molecule has 0 amide bonds. The van der Waals surface area contributed by atoms with Gasteiger partial charge in [0.1, 0.15) is 11.6 Å². The number of fused-ring (bicyclic) bond motifs is 1. The number of imidazole rings is 1. The van der Waals surface area contributed by atoms with Gasteiger partial charge in [-0.2, -0.15) is 0 Å². The molecule has 7 heteroatoms. The van der Waals surface area contributed by atoms with Crippen LogP contribution in [0.2, 0.25) is 5.02 Å². The second-order valence-corrected chi connectivity index (χ2v) is 6.55. The molecule has 2 heterocycles. The Morgan fingerprint density at radius 1 is 1.11 bits per heavy atom. The van der Waals surface area contributed by atoms with Gasteiger partial charge in [0, 0.05) is 18.0 Å². The number of halogens is 2. The van der Waals surface area contributed by atoms with Crippen LogP contribution >= 0.6 is 11.6 Å². The molecule has 5 nitrogen and oxygen atoms in total. The Balaban J connectivity index is 1.98. The highest BCUT2D eigenvalue weighted by Gasteiger charge is 2.17. The molecule has 0 fully saturated rings. The SMILES string of the molecule is CCn1cnc2c(=O)n(-c3ccc(Cl)cc3)c(Cc3ccccc3F)nc21. The molecule has 0 aliphatic heterocycles. The first-order chi connectivity index (χ1) is 13.1. The number of hydrogen-bond acceptors (Lipinski definition) is 3. The maximum Gasteiger partial charge on any atom is 0.286 e. The van der Waals surface area contributed by atoms with Gasteiger partial charge in [0.2, 0.25) is 0 Å². The molecule has 2 aromatic carbocycles. The first kappa shape index (κ1) is 17.4. The molecule has 0 N–H and O–H groups in total. The molecule has 27 heavy (non-hydrogen) atoms. The van der Waals surface area contributed by atoms with E-state index in [-0.39, 0.29) is 23.3 Å². The molecule has 4 aromatic rings. The zero-order chi connectivity index (χ0) is 19.0. The fourth-order valence-electron chi connectivity index (χ4n) is 3.06. The van der Waals surface area contributed by atoms with Crippen LogP contribution in [-0.4, -0.2) is 19.1 Å². The third-order valence-electron chi connectivity index (χ3n) is 4.44. The van der Waals surface area contributed by atoms with E-state index in [4.69, 9.17) is 11.6 Å². The largest absolute Gasteiger partial charge is 0.315 e. The van der Waals surface area contributed by atoms with E-state index in [9.17, 15) is 9.18 Å². The minimum absolute atomic E-state index is 0.176. The second-order valence-electron chi connectivity index (χ2n) is 6.12. The highest BCUT2D eigenvalue weighted by Crippen LogP contribution is 2.19. The second kappa shape index (κ2) is 6.96. The summed E-state index contributed by atoms with van der Waals surface area (Å²) in [6, 6.07) is 13.4. The average Bonchev–Trinajstić information content (AvgIpc) is 3.08. The van der Waals surface area contributed by atoms with Gasteiger partial charge in [-0.1, -0.05) is 29.8 Å². The van der Waals surface area contributed by atoms with Gasteiger partial charge in [-0.25, -0.2) is 14.4 Å². The predicted octanol–water partition coefficient (Wildman–Crippen LogP) is 3.99. The average molecular weight is 383 g/mol. The molecule has 0 saturated carbocycles. The van der Waals surface area contributed by atoms with Gasteiger partial charge in [-0.3, -0.25) is 9.36 Å². The van der Waals surface area contributed by atoms with Crippen molar-refractivity contribution in [1.29, 1.82) is 0 Å². The minimum Gasteiger partial charge on any atom is -0.315 e.